The zero-order valence-corrected chi connectivity index (χ0v) is 20.2. The van der Waals surface area contributed by atoms with E-state index in [0.29, 0.717) is 30.4 Å². The van der Waals surface area contributed by atoms with Gasteiger partial charge in [0.2, 0.25) is 0 Å². The molecule has 0 radical (unpaired) electrons. The second kappa shape index (κ2) is 12.3. The molecule has 0 bridgehead atoms. The lowest BCUT2D eigenvalue weighted by atomic mass is 9.90. The summed E-state index contributed by atoms with van der Waals surface area (Å²) < 4.78 is 17.8. The van der Waals surface area contributed by atoms with E-state index in [1.807, 2.05) is 37.3 Å². The van der Waals surface area contributed by atoms with Crippen molar-refractivity contribution >= 4 is 16.7 Å². The van der Waals surface area contributed by atoms with Crippen LogP contribution in [0.25, 0.3) is 10.8 Å². The van der Waals surface area contributed by atoms with Crippen molar-refractivity contribution in [2.24, 2.45) is 5.92 Å². The van der Waals surface area contributed by atoms with Crippen LogP contribution in [0.4, 0.5) is 0 Å². The Morgan fingerprint density at radius 2 is 1.70 bits per heavy atom. The maximum atomic E-state index is 12.8. The summed E-state index contributed by atoms with van der Waals surface area (Å²) in [6.45, 7) is 6.72. The average Bonchev–Trinajstić information content (AvgIpc) is 3.12. The Balaban J connectivity index is 1.52. The van der Waals surface area contributed by atoms with Crippen molar-refractivity contribution in [3.8, 4) is 11.5 Å². The van der Waals surface area contributed by atoms with Crippen molar-refractivity contribution in [2.75, 3.05) is 39.5 Å². The third-order valence-corrected chi connectivity index (χ3v) is 7.00. The molecule has 4 rings (SSSR count). The van der Waals surface area contributed by atoms with Gasteiger partial charge in [0.1, 0.15) is 18.1 Å². The highest BCUT2D eigenvalue weighted by Crippen LogP contribution is 2.34. The highest BCUT2D eigenvalue weighted by molar-refractivity contribution is 6.07. The monoisotopic (exact) mass is 453 g/mol. The van der Waals surface area contributed by atoms with Crippen LogP contribution in [0, 0.1) is 5.92 Å². The number of ether oxygens (including phenoxy) is 3. The van der Waals surface area contributed by atoms with Gasteiger partial charge in [-0.25, -0.2) is 4.79 Å². The smallest absolute Gasteiger partial charge is 0.338 e. The lowest BCUT2D eigenvalue weighted by Crippen LogP contribution is -2.29. The largest absolute Gasteiger partial charge is 0.493 e. The van der Waals surface area contributed by atoms with E-state index in [0.717, 1.165) is 42.8 Å². The third kappa shape index (κ3) is 6.63. The first kappa shape index (κ1) is 23.9. The number of rotatable bonds is 9. The first-order valence-corrected chi connectivity index (χ1v) is 13.0. The van der Waals surface area contributed by atoms with Gasteiger partial charge in [0.15, 0.2) is 0 Å². The number of benzene rings is 2. The number of hydrogen-bond donors (Lipinski definition) is 0. The quantitative estimate of drug-likeness (QED) is 0.421. The zero-order chi connectivity index (χ0) is 22.9. The first-order chi connectivity index (χ1) is 16.2. The second-order valence-electron chi connectivity index (χ2n) is 9.46. The predicted molar refractivity (Wildman–Crippen MR) is 132 cm³/mol. The van der Waals surface area contributed by atoms with Crippen molar-refractivity contribution in [1.29, 1.82) is 0 Å². The fourth-order valence-electron chi connectivity index (χ4n) is 5.13. The molecule has 1 saturated heterocycles. The zero-order valence-electron chi connectivity index (χ0n) is 20.2. The molecular formula is C28H39NO4. The van der Waals surface area contributed by atoms with E-state index >= 15 is 0 Å². The van der Waals surface area contributed by atoms with E-state index in [4.69, 9.17) is 14.2 Å². The van der Waals surface area contributed by atoms with Crippen LogP contribution < -0.4 is 9.47 Å². The van der Waals surface area contributed by atoms with Gasteiger partial charge in [0.05, 0.1) is 18.8 Å². The Morgan fingerprint density at radius 1 is 0.939 bits per heavy atom. The first-order valence-electron chi connectivity index (χ1n) is 13.0. The Labute approximate surface area is 198 Å². The van der Waals surface area contributed by atoms with Crippen LogP contribution >= 0.6 is 0 Å². The van der Waals surface area contributed by atoms with Crippen LogP contribution in [0.5, 0.6) is 11.5 Å². The van der Waals surface area contributed by atoms with Crippen LogP contribution in [-0.4, -0.2) is 50.3 Å². The number of nitrogens with zero attached hydrogens (tertiary/aromatic N) is 1. The number of carbonyl (C=O) groups is 1. The number of hydrogen-bond acceptors (Lipinski definition) is 5. The highest BCUT2D eigenvalue weighted by Gasteiger charge is 2.18. The topological polar surface area (TPSA) is 48.0 Å². The molecule has 2 aromatic rings. The summed E-state index contributed by atoms with van der Waals surface area (Å²) in [6.07, 6.45) is 11.6. The normalized spacial score (nSPS) is 18.1. The van der Waals surface area contributed by atoms with Gasteiger partial charge in [-0.15, -0.1) is 0 Å². The van der Waals surface area contributed by atoms with E-state index in [-0.39, 0.29) is 5.97 Å². The fraction of sp³-hybridized carbons (Fsp3) is 0.607. The molecule has 1 saturated carbocycles. The van der Waals surface area contributed by atoms with Crippen molar-refractivity contribution < 1.29 is 19.0 Å². The van der Waals surface area contributed by atoms with Crippen molar-refractivity contribution in [2.45, 2.75) is 64.7 Å². The summed E-state index contributed by atoms with van der Waals surface area (Å²) in [5.74, 6) is 1.83. The van der Waals surface area contributed by atoms with E-state index in [9.17, 15) is 4.79 Å². The van der Waals surface area contributed by atoms with Crippen LogP contribution in [0.15, 0.2) is 30.3 Å². The lowest BCUT2D eigenvalue weighted by molar-refractivity contribution is 0.0528. The van der Waals surface area contributed by atoms with Crippen LogP contribution in [0.2, 0.25) is 0 Å². The van der Waals surface area contributed by atoms with Gasteiger partial charge in [-0.1, -0.05) is 44.2 Å². The molecule has 180 valence electrons. The molecule has 33 heavy (non-hydrogen) atoms. The molecule has 0 N–H and O–H groups in total. The van der Waals surface area contributed by atoms with Crippen LogP contribution in [0.1, 0.15) is 75.1 Å². The molecule has 0 atom stereocenters. The van der Waals surface area contributed by atoms with Gasteiger partial charge in [0.25, 0.3) is 0 Å². The van der Waals surface area contributed by atoms with Gasteiger partial charge in [-0.05, 0) is 69.8 Å². The molecule has 2 fully saturated rings. The molecule has 1 aliphatic heterocycles. The number of fused-ring (bicyclic) bond motifs is 1. The molecule has 0 unspecified atom stereocenters. The standard InChI is InChI=1S/C28H39NO4/c1-2-31-28(30)26-20-23(32-18-17-29-15-8-3-4-9-16-29)19-25-24(26)13-10-14-27(25)33-21-22-11-6-5-7-12-22/h10,13-14,19-20,22H,2-9,11-12,15-18,21H2,1H3. The number of esters is 1. The summed E-state index contributed by atoms with van der Waals surface area (Å²) in [6, 6.07) is 9.78. The molecule has 1 heterocycles. The third-order valence-electron chi connectivity index (χ3n) is 7.00. The summed E-state index contributed by atoms with van der Waals surface area (Å²) in [5, 5.41) is 1.78. The van der Waals surface area contributed by atoms with Crippen LogP contribution in [0.3, 0.4) is 0 Å². The fourth-order valence-corrected chi connectivity index (χ4v) is 5.13. The van der Waals surface area contributed by atoms with Crippen molar-refractivity contribution in [1.82, 2.24) is 4.90 Å². The van der Waals surface area contributed by atoms with E-state index in [1.54, 1.807) is 0 Å². The molecule has 0 spiro atoms. The molecular weight excluding hydrogens is 414 g/mol. The van der Waals surface area contributed by atoms with E-state index < -0.39 is 0 Å². The van der Waals surface area contributed by atoms with Crippen molar-refractivity contribution in [3.05, 3.63) is 35.9 Å². The molecule has 2 aromatic carbocycles. The predicted octanol–water partition coefficient (Wildman–Crippen LogP) is 6.23. The SMILES string of the molecule is CCOC(=O)c1cc(OCCN2CCCCCC2)cc2c(OCC3CCCCC3)cccc12. The average molecular weight is 454 g/mol. The minimum Gasteiger partial charge on any atom is -0.493 e. The van der Waals surface area contributed by atoms with Gasteiger partial charge >= 0.3 is 5.97 Å². The summed E-state index contributed by atoms with van der Waals surface area (Å²) in [4.78, 5) is 15.2. The van der Waals surface area contributed by atoms with Gasteiger partial charge in [-0.2, -0.15) is 0 Å². The summed E-state index contributed by atoms with van der Waals surface area (Å²) in [7, 11) is 0. The van der Waals surface area contributed by atoms with Gasteiger partial charge in [-0.3, -0.25) is 4.90 Å². The Hall–Kier alpha value is -2.27. The summed E-state index contributed by atoms with van der Waals surface area (Å²) in [5.41, 5.74) is 0.544. The Morgan fingerprint density at radius 3 is 2.45 bits per heavy atom. The maximum Gasteiger partial charge on any atom is 0.338 e. The van der Waals surface area contributed by atoms with E-state index in [2.05, 4.69) is 4.90 Å². The number of likely N-dealkylation sites (tertiary alicyclic amines) is 1. The van der Waals surface area contributed by atoms with E-state index in [1.165, 1.54) is 57.8 Å². The minimum atomic E-state index is -0.315. The van der Waals surface area contributed by atoms with Gasteiger partial charge < -0.3 is 14.2 Å². The lowest BCUT2D eigenvalue weighted by Gasteiger charge is -2.22. The second-order valence-corrected chi connectivity index (χ2v) is 9.46. The molecule has 2 aliphatic rings. The summed E-state index contributed by atoms with van der Waals surface area (Å²) >= 11 is 0. The van der Waals surface area contributed by atoms with Crippen molar-refractivity contribution in [3.63, 3.8) is 0 Å². The Bertz CT molecular complexity index is 898. The highest BCUT2D eigenvalue weighted by atomic mass is 16.5. The maximum absolute atomic E-state index is 12.8. The minimum absolute atomic E-state index is 0.315. The Kier molecular flexibility index (Phi) is 8.87. The molecule has 0 amide bonds. The number of carbonyl (C=O) groups excluding carboxylic acids is 1. The van der Waals surface area contributed by atoms with Crippen LogP contribution in [-0.2, 0) is 4.74 Å². The molecule has 5 nitrogen and oxygen atoms in total. The molecule has 5 heteroatoms. The molecule has 0 aromatic heterocycles. The molecule has 1 aliphatic carbocycles. The van der Waals surface area contributed by atoms with Gasteiger partial charge in [0, 0.05) is 17.3 Å².